The third kappa shape index (κ3) is 5.27. The predicted octanol–water partition coefficient (Wildman–Crippen LogP) is 7.20. The van der Waals surface area contributed by atoms with Gasteiger partial charge in [0.1, 0.15) is 0 Å². The number of fused-ring (bicyclic) bond motifs is 1. The standard InChI is InChI=1S/C31H25ClN2O3/c1-20(22-11-13-25(14-12-22)31(36)37)33-30(35)28-18-27(32)17-26-15-16-34(29(26)28)19-21-7-9-24(10-8-21)23-5-3-2-4-6-23/h2-18,20H,19H2,1H3,(H,33,35)(H,36,37)/t20-/m0/s1. The van der Waals surface area contributed by atoms with Crippen molar-refractivity contribution in [2.75, 3.05) is 0 Å². The fraction of sp³-hybridized carbons (Fsp3) is 0.0968. The third-order valence-electron chi connectivity index (χ3n) is 6.49. The molecule has 0 aliphatic rings. The van der Waals surface area contributed by atoms with Crippen molar-refractivity contribution in [2.45, 2.75) is 19.5 Å². The summed E-state index contributed by atoms with van der Waals surface area (Å²) in [6, 6.07) is 30.3. The molecule has 5 nitrogen and oxygen atoms in total. The Labute approximate surface area is 219 Å². The quantitative estimate of drug-likeness (QED) is 0.244. The Balaban J connectivity index is 1.40. The molecule has 0 unspecified atom stereocenters. The lowest BCUT2D eigenvalue weighted by molar-refractivity contribution is 0.0696. The fourth-order valence-corrected chi connectivity index (χ4v) is 4.75. The summed E-state index contributed by atoms with van der Waals surface area (Å²) in [5, 5.41) is 13.5. The summed E-state index contributed by atoms with van der Waals surface area (Å²) in [6.45, 7) is 2.47. The summed E-state index contributed by atoms with van der Waals surface area (Å²) in [5.41, 5.74) is 5.74. The molecule has 1 atom stereocenters. The highest BCUT2D eigenvalue weighted by molar-refractivity contribution is 6.32. The van der Waals surface area contributed by atoms with Crippen molar-refractivity contribution in [3.63, 3.8) is 0 Å². The van der Waals surface area contributed by atoms with Gasteiger partial charge in [0.25, 0.3) is 5.91 Å². The Morgan fingerprint density at radius 3 is 2.24 bits per heavy atom. The summed E-state index contributed by atoms with van der Waals surface area (Å²) in [6.07, 6.45) is 1.97. The lowest BCUT2D eigenvalue weighted by atomic mass is 10.0. The van der Waals surface area contributed by atoms with Gasteiger partial charge in [-0.1, -0.05) is 78.3 Å². The maximum absolute atomic E-state index is 13.4. The van der Waals surface area contributed by atoms with Gasteiger partial charge in [0.05, 0.1) is 22.7 Å². The van der Waals surface area contributed by atoms with Gasteiger partial charge >= 0.3 is 5.97 Å². The summed E-state index contributed by atoms with van der Waals surface area (Å²) in [5.74, 6) is -1.23. The third-order valence-corrected chi connectivity index (χ3v) is 6.71. The predicted molar refractivity (Wildman–Crippen MR) is 147 cm³/mol. The molecule has 0 saturated carbocycles. The van der Waals surface area contributed by atoms with Crippen LogP contribution in [0.2, 0.25) is 5.02 Å². The Kier molecular flexibility index (Phi) is 6.80. The molecule has 37 heavy (non-hydrogen) atoms. The highest BCUT2D eigenvalue weighted by atomic mass is 35.5. The number of carbonyl (C=O) groups is 2. The number of hydrogen-bond acceptors (Lipinski definition) is 2. The average Bonchev–Trinajstić information content (AvgIpc) is 3.31. The summed E-state index contributed by atoms with van der Waals surface area (Å²) in [4.78, 5) is 24.5. The summed E-state index contributed by atoms with van der Waals surface area (Å²) < 4.78 is 2.06. The largest absolute Gasteiger partial charge is 0.478 e. The normalized spacial score (nSPS) is 11.8. The Morgan fingerprint density at radius 1 is 0.892 bits per heavy atom. The topological polar surface area (TPSA) is 71.3 Å². The summed E-state index contributed by atoms with van der Waals surface area (Å²) in [7, 11) is 0. The van der Waals surface area contributed by atoms with Gasteiger partial charge < -0.3 is 15.0 Å². The second kappa shape index (κ2) is 10.3. The molecule has 1 heterocycles. The molecule has 0 aliphatic heterocycles. The first-order valence-corrected chi connectivity index (χ1v) is 12.3. The Hall–Kier alpha value is -4.35. The highest BCUT2D eigenvalue weighted by Gasteiger charge is 2.18. The number of benzene rings is 4. The minimum Gasteiger partial charge on any atom is -0.478 e. The number of carbonyl (C=O) groups excluding carboxylic acids is 1. The van der Waals surface area contributed by atoms with Crippen LogP contribution in [0, 0.1) is 0 Å². The van der Waals surface area contributed by atoms with Crippen LogP contribution >= 0.6 is 11.6 Å². The van der Waals surface area contributed by atoms with Crippen molar-refractivity contribution in [1.82, 2.24) is 9.88 Å². The summed E-state index contributed by atoms with van der Waals surface area (Å²) >= 11 is 6.37. The van der Waals surface area contributed by atoms with Crippen LogP contribution in [-0.2, 0) is 6.54 Å². The number of halogens is 1. The number of nitrogens with zero attached hydrogens (tertiary/aromatic N) is 1. The molecule has 0 bridgehead atoms. The molecule has 4 aromatic carbocycles. The van der Waals surface area contributed by atoms with E-state index in [9.17, 15) is 9.59 Å². The van der Waals surface area contributed by atoms with E-state index in [0.29, 0.717) is 17.1 Å². The van der Waals surface area contributed by atoms with Crippen molar-refractivity contribution in [2.24, 2.45) is 0 Å². The van der Waals surface area contributed by atoms with E-state index in [1.54, 1.807) is 18.2 Å². The molecule has 184 valence electrons. The molecule has 5 rings (SSSR count). The second-order valence-electron chi connectivity index (χ2n) is 9.02. The zero-order valence-corrected chi connectivity index (χ0v) is 20.9. The van der Waals surface area contributed by atoms with Crippen molar-refractivity contribution in [1.29, 1.82) is 0 Å². The van der Waals surface area contributed by atoms with Gasteiger partial charge in [0, 0.05) is 23.2 Å². The van der Waals surface area contributed by atoms with Gasteiger partial charge in [-0.25, -0.2) is 4.79 Å². The van der Waals surface area contributed by atoms with Crippen LogP contribution in [0.3, 0.4) is 0 Å². The van der Waals surface area contributed by atoms with Crippen LogP contribution in [0.15, 0.2) is 103 Å². The van der Waals surface area contributed by atoms with Crippen LogP contribution in [0.1, 0.15) is 44.8 Å². The van der Waals surface area contributed by atoms with E-state index in [4.69, 9.17) is 16.7 Å². The molecular weight excluding hydrogens is 484 g/mol. The number of aromatic carboxylic acids is 1. The van der Waals surface area contributed by atoms with E-state index < -0.39 is 5.97 Å². The van der Waals surface area contributed by atoms with Crippen molar-refractivity contribution in [3.8, 4) is 11.1 Å². The Morgan fingerprint density at radius 2 is 1.57 bits per heavy atom. The molecule has 1 amide bonds. The molecule has 0 radical (unpaired) electrons. The van der Waals surface area contributed by atoms with Crippen molar-refractivity contribution >= 4 is 34.4 Å². The molecule has 6 heteroatoms. The molecule has 0 aliphatic carbocycles. The molecule has 5 aromatic rings. The molecule has 0 saturated heterocycles. The van der Waals surface area contributed by atoms with Gasteiger partial charge in [0.15, 0.2) is 0 Å². The van der Waals surface area contributed by atoms with Gasteiger partial charge in [-0.05, 0) is 59.5 Å². The molecule has 0 spiro atoms. The van der Waals surface area contributed by atoms with Crippen molar-refractivity contribution < 1.29 is 14.7 Å². The number of carboxylic acids is 1. The zero-order valence-electron chi connectivity index (χ0n) is 20.2. The van der Waals surface area contributed by atoms with Crippen LogP contribution in [0.5, 0.6) is 0 Å². The van der Waals surface area contributed by atoms with Gasteiger partial charge in [-0.2, -0.15) is 0 Å². The molecule has 0 fully saturated rings. The minimum absolute atomic E-state index is 0.202. The minimum atomic E-state index is -0.986. The number of carboxylic acid groups (broad SMARTS) is 1. The zero-order chi connectivity index (χ0) is 25.9. The monoisotopic (exact) mass is 508 g/mol. The van der Waals surface area contributed by atoms with Gasteiger partial charge in [0.2, 0.25) is 0 Å². The van der Waals surface area contributed by atoms with Crippen LogP contribution in [0.4, 0.5) is 0 Å². The number of rotatable bonds is 7. The van der Waals surface area contributed by atoms with E-state index in [-0.39, 0.29) is 17.5 Å². The maximum Gasteiger partial charge on any atom is 0.335 e. The van der Waals surface area contributed by atoms with E-state index >= 15 is 0 Å². The van der Waals surface area contributed by atoms with E-state index in [1.807, 2.05) is 43.5 Å². The van der Waals surface area contributed by atoms with E-state index in [1.165, 1.54) is 17.7 Å². The number of aromatic nitrogens is 1. The molecule has 2 N–H and O–H groups in total. The van der Waals surface area contributed by atoms with Crippen LogP contribution < -0.4 is 5.32 Å². The fourth-order valence-electron chi connectivity index (χ4n) is 4.52. The average molecular weight is 509 g/mol. The van der Waals surface area contributed by atoms with Gasteiger partial charge in [-0.15, -0.1) is 0 Å². The smallest absolute Gasteiger partial charge is 0.335 e. The molecular formula is C31H25ClN2O3. The van der Waals surface area contributed by atoms with Gasteiger partial charge in [-0.3, -0.25) is 4.79 Å². The highest BCUT2D eigenvalue weighted by Crippen LogP contribution is 2.28. The van der Waals surface area contributed by atoms with Crippen LogP contribution in [0.25, 0.3) is 22.0 Å². The van der Waals surface area contributed by atoms with Crippen molar-refractivity contribution in [3.05, 3.63) is 131 Å². The number of hydrogen-bond donors (Lipinski definition) is 2. The number of amides is 1. The van der Waals surface area contributed by atoms with E-state index in [2.05, 4.69) is 46.3 Å². The second-order valence-corrected chi connectivity index (χ2v) is 9.46. The Bertz CT molecular complexity index is 1570. The maximum atomic E-state index is 13.4. The molecule has 1 aromatic heterocycles. The first kappa shape index (κ1) is 24.3. The first-order chi connectivity index (χ1) is 17.9. The SMILES string of the molecule is C[C@H](NC(=O)c1cc(Cl)cc2ccn(Cc3ccc(-c4ccccc4)cc3)c12)c1ccc(C(=O)O)cc1. The van der Waals surface area contributed by atoms with Crippen LogP contribution in [-0.4, -0.2) is 21.6 Å². The lowest BCUT2D eigenvalue weighted by Crippen LogP contribution is -2.27. The lowest BCUT2D eigenvalue weighted by Gasteiger charge is -2.16. The number of nitrogens with one attached hydrogen (secondary N) is 1. The van der Waals surface area contributed by atoms with E-state index in [0.717, 1.165) is 27.6 Å². The first-order valence-electron chi connectivity index (χ1n) is 12.0.